The van der Waals surface area contributed by atoms with Gasteiger partial charge >= 0.3 is 0 Å². The van der Waals surface area contributed by atoms with Gasteiger partial charge in [0, 0.05) is 24.5 Å². The van der Waals surface area contributed by atoms with Crippen LogP contribution in [0.2, 0.25) is 0 Å². The summed E-state index contributed by atoms with van der Waals surface area (Å²) in [6.07, 6.45) is 0.367. The summed E-state index contributed by atoms with van der Waals surface area (Å²) in [7, 11) is 3.10. The summed E-state index contributed by atoms with van der Waals surface area (Å²) in [4.78, 5) is 59.0. The number of aliphatic hydroxyl groups excluding tert-OH is 2. The lowest BCUT2D eigenvalue weighted by Crippen LogP contribution is -2.65. The highest BCUT2D eigenvalue weighted by atomic mass is 16.7. The van der Waals surface area contributed by atoms with Crippen LogP contribution in [0.3, 0.4) is 0 Å². The summed E-state index contributed by atoms with van der Waals surface area (Å²) in [5.74, 6) is -7.06. The standard InChI is InChI=1S/C32H33N3O9/c1-35(2)26-19-13-16-12-18-17(15-5-3-4-14(10-15)11-21(37)22-8-9-34-44-22)6-7-20(36)24(18)27(38)23(16)29(40)32(19,43)30(41)25(28(26)39)31(33)42/h3-7,10,16,19,22,26,34,36,38,41,43H,8-9,11-13H2,1-2H3,(H2,33,42)/t16-,19-,22?,26+,32-/m0/s1. The summed E-state index contributed by atoms with van der Waals surface area (Å²) in [5.41, 5.74) is 7.01. The molecule has 4 aliphatic rings. The number of nitrogens with zero attached hydrogens (tertiary/aromatic N) is 1. The second-order valence-electron chi connectivity index (χ2n) is 12.1. The van der Waals surface area contributed by atoms with Gasteiger partial charge in [0.05, 0.1) is 11.6 Å². The highest BCUT2D eigenvalue weighted by molar-refractivity contribution is 6.24. The summed E-state index contributed by atoms with van der Waals surface area (Å²) in [6.45, 7) is 0.600. The minimum Gasteiger partial charge on any atom is -0.508 e. The number of nitrogens with two attached hydrogens (primary N) is 1. The molecule has 0 radical (unpaired) electrons. The molecule has 5 atom stereocenters. The first-order valence-corrected chi connectivity index (χ1v) is 14.4. The molecule has 1 unspecified atom stereocenters. The van der Waals surface area contributed by atoms with Gasteiger partial charge in [0.2, 0.25) is 5.78 Å². The number of aliphatic hydroxyl groups is 3. The molecule has 1 saturated heterocycles. The maximum absolute atomic E-state index is 14.0. The van der Waals surface area contributed by atoms with Crippen molar-refractivity contribution in [3.05, 3.63) is 70.0 Å². The van der Waals surface area contributed by atoms with E-state index in [4.69, 9.17) is 10.6 Å². The molecular weight excluding hydrogens is 570 g/mol. The zero-order valence-electron chi connectivity index (χ0n) is 24.2. The van der Waals surface area contributed by atoms with E-state index in [-0.39, 0.29) is 41.9 Å². The number of Topliss-reactive ketones (excluding diaryl/α,β-unsaturated/α-hetero) is 3. The predicted molar refractivity (Wildman–Crippen MR) is 156 cm³/mol. The number of carbonyl (C=O) groups is 4. The first kappa shape index (κ1) is 29.7. The van der Waals surface area contributed by atoms with Gasteiger partial charge < -0.3 is 26.2 Å². The Morgan fingerprint density at radius 2 is 1.89 bits per heavy atom. The number of hydrogen-bond donors (Lipinski definition) is 6. The fourth-order valence-electron chi connectivity index (χ4n) is 7.31. The van der Waals surface area contributed by atoms with E-state index >= 15 is 0 Å². The number of rotatable bonds is 6. The van der Waals surface area contributed by atoms with Crippen LogP contribution in [0.1, 0.15) is 29.5 Å². The first-order chi connectivity index (χ1) is 20.9. The number of carbonyl (C=O) groups excluding carboxylic acids is 4. The number of amides is 1. The van der Waals surface area contributed by atoms with Gasteiger partial charge in [-0.1, -0.05) is 30.3 Å². The smallest absolute Gasteiger partial charge is 0.255 e. The van der Waals surface area contributed by atoms with E-state index in [1.165, 1.54) is 11.0 Å². The zero-order chi connectivity index (χ0) is 31.7. The van der Waals surface area contributed by atoms with Gasteiger partial charge in [-0.15, -0.1) is 0 Å². The average Bonchev–Trinajstić information content (AvgIpc) is 3.50. The molecular formula is C32H33N3O9. The monoisotopic (exact) mass is 603 g/mol. The van der Waals surface area contributed by atoms with E-state index in [1.54, 1.807) is 26.2 Å². The highest BCUT2D eigenvalue weighted by Crippen LogP contribution is 2.53. The second kappa shape index (κ2) is 10.7. The van der Waals surface area contributed by atoms with Gasteiger partial charge in [-0.05, 0) is 67.6 Å². The summed E-state index contributed by atoms with van der Waals surface area (Å²) in [5, 5.41) is 45.2. The molecule has 2 aromatic carbocycles. The number of aromatic hydroxyl groups is 1. The van der Waals surface area contributed by atoms with Crippen LogP contribution in [-0.4, -0.2) is 87.0 Å². The number of phenols is 1. The molecule has 3 aliphatic carbocycles. The van der Waals surface area contributed by atoms with Crippen molar-refractivity contribution >= 4 is 29.0 Å². The lowest BCUT2D eigenvalue weighted by Gasteiger charge is -2.50. The highest BCUT2D eigenvalue weighted by Gasteiger charge is 2.64. The SMILES string of the molecule is CN(C)[C@H]1C(=O)C(C(N)=O)=C(O)[C@@]2(O)C(=O)C3=C(O)c4c(O)ccc(-c5cccc(CC(=O)C6CCNO6)c5)c4C[C@H]3C[C@@H]12. The Morgan fingerprint density at radius 3 is 2.55 bits per heavy atom. The van der Waals surface area contributed by atoms with Crippen LogP contribution >= 0.6 is 0 Å². The largest absolute Gasteiger partial charge is 0.508 e. The van der Waals surface area contributed by atoms with Crippen molar-refractivity contribution in [2.75, 3.05) is 20.6 Å². The van der Waals surface area contributed by atoms with Crippen molar-refractivity contribution in [3.63, 3.8) is 0 Å². The molecule has 12 heteroatoms. The number of fused-ring (bicyclic) bond motifs is 3. The number of nitrogens with one attached hydrogen (secondary N) is 1. The molecule has 7 N–H and O–H groups in total. The maximum Gasteiger partial charge on any atom is 0.255 e. The van der Waals surface area contributed by atoms with Crippen LogP contribution in [0.25, 0.3) is 16.9 Å². The third-order valence-corrected chi connectivity index (χ3v) is 9.31. The van der Waals surface area contributed by atoms with E-state index in [9.17, 15) is 39.6 Å². The average molecular weight is 604 g/mol. The molecule has 0 bridgehead atoms. The van der Waals surface area contributed by atoms with Crippen molar-refractivity contribution in [1.82, 2.24) is 10.4 Å². The van der Waals surface area contributed by atoms with Crippen molar-refractivity contribution in [1.29, 1.82) is 0 Å². The molecule has 1 amide bonds. The van der Waals surface area contributed by atoms with Crippen molar-refractivity contribution in [2.24, 2.45) is 17.6 Å². The normalized spacial score (nSPS) is 28.2. The number of benzene rings is 2. The number of hydroxylamine groups is 1. The predicted octanol–water partition coefficient (Wildman–Crippen LogP) is 1.04. The molecule has 12 nitrogen and oxygen atoms in total. The molecule has 1 heterocycles. The Bertz CT molecular complexity index is 1690. The Kier molecular flexibility index (Phi) is 7.20. The van der Waals surface area contributed by atoms with Crippen LogP contribution in [0.4, 0.5) is 0 Å². The third kappa shape index (κ3) is 4.36. The fourth-order valence-corrected chi connectivity index (χ4v) is 7.31. The number of phenolic OH excluding ortho intramolecular Hbond substituents is 1. The molecule has 2 fully saturated rings. The number of hydrogen-bond acceptors (Lipinski definition) is 11. The maximum atomic E-state index is 14.0. The van der Waals surface area contributed by atoms with Gasteiger partial charge in [0.15, 0.2) is 17.2 Å². The van der Waals surface area contributed by atoms with Crippen LogP contribution in [0, 0.1) is 11.8 Å². The quantitative estimate of drug-likeness (QED) is 0.258. The van der Waals surface area contributed by atoms with E-state index < -0.39 is 64.1 Å². The number of primary amides is 1. The topological polar surface area (TPSA) is 200 Å². The van der Waals surface area contributed by atoms with Crippen molar-refractivity contribution in [3.8, 4) is 16.9 Å². The van der Waals surface area contributed by atoms with Crippen LogP contribution in [-0.2, 0) is 36.9 Å². The van der Waals surface area contributed by atoms with E-state index in [1.807, 2.05) is 18.2 Å². The fraction of sp³-hybridized carbons (Fsp3) is 0.375. The van der Waals surface area contributed by atoms with E-state index in [0.29, 0.717) is 24.1 Å². The van der Waals surface area contributed by atoms with Gasteiger partial charge in [-0.2, -0.15) is 0 Å². The number of ketones is 3. The van der Waals surface area contributed by atoms with E-state index in [2.05, 4.69) is 5.48 Å². The van der Waals surface area contributed by atoms with Crippen LogP contribution in [0.15, 0.2) is 53.3 Å². The molecule has 230 valence electrons. The molecule has 1 aliphatic heterocycles. The second-order valence-corrected chi connectivity index (χ2v) is 12.1. The molecule has 0 spiro atoms. The summed E-state index contributed by atoms with van der Waals surface area (Å²) < 4.78 is 0. The zero-order valence-corrected chi connectivity index (χ0v) is 24.2. The van der Waals surface area contributed by atoms with Gasteiger partial charge in [0.25, 0.3) is 5.91 Å². The number of likely N-dealkylation sites (N-methyl/N-ethyl adjacent to an activating group) is 1. The Morgan fingerprint density at radius 1 is 1.14 bits per heavy atom. The third-order valence-electron chi connectivity index (χ3n) is 9.31. The molecule has 2 aromatic rings. The van der Waals surface area contributed by atoms with Crippen molar-refractivity contribution < 1.29 is 44.4 Å². The molecule has 44 heavy (non-hydrogen) atoms. The minimum atomic E-state index is -2.70. The van der Waals surface area contributed by atoms with Gasteiger partial charge in [0.1, 0.15) is 28.9 Å². The Hall–Kier alpha value is -4.36. The van der Waals surface area contributed by atoms with Gasteiger partial charge in [-0.25, -0.2) is 5.48 Å². The van der Waals surface area contributed by atoms with Crippen LogP contribution in [0.5, 0.6) is 5.75 Å². The Balaban J connectivity index is 1.45. The lowest BCUT2D eigenvalue weighted by atomic mass is 9.57. The molecule has 6 rings (SSSR count). The molecule has 0 aromatic heterocycles. The first-order valence-electron chi connectivity index (χ1n) is 14.4. The van der Waals surface area contributed by atoms with Gasteiger partial charge in [-0.3, -0.25) is 28.9 Å². The lowest BCUT2D eigenvalue weighted by molar-refractivity contribution is -0.153. The van der Waals surface area contributed by atoms with Crippen molar-refractivity contribution in [2.45, 2.75) is 43.4 Å². The van der Waals surface area contributed by atoms with Crippen LogP contribution < -0.4 is 11.2 Å². The minimum absolute atomic E-state index is 0.00528. The molecule has 1 saturated carbocycles. The summed E-state index contributed by atoms with van der Waals surface area (Å²) >= 11 is 0. The van der Waals surface area contributed by atoms with E-state index in [0.717, 1.165) is 11.1 Å². The Labute approximate surface area is 252 Å². The summed E-state index contributed by atoms with van der Waals surface area (Å²) in [6, 6.07) is 9.24.